The lowest BCUT2D eigenvalue weighted by Gasteiger charge is -2.43. The van der Waals surface area contributed by atoms with Crippen molar-refractivity contribution in [2.75, 3.05) is 6.54 Å². The van der Waals surface area contributed by atoms with Gasteiger partial charge in [0.15, 0.2) is 0 Å². The summed E-state index contributed by atoms with van der Waals surface area (Å²) in [4.78, 5) is 0. The van der Waals surface area contributed by atoms with E-state index in [-0.39, 0.29) is 11.0 Å². The van der Waals surface area contributed by atoms with E-state index in [1.165, 1.54) is 12.8 Å². The maximum atomic E-state index is 6.15. The summed E-state index contributed by atoms with van der Waals surface area (Å²) in [7, 11) is 0. The van der Waals surface area contributed by atoms with Crippen molar-refractivity contribution in [2.24, 2.45) is 11.1 Å². The highest BCUT2D eigenvalue weighted by Crippen LogP contribution is 2.35. The molecule has 1 aliphatic heterocycles. The second kappa shape index (κ2) is 3.00. The fourth-order valence-electron chi connectivity index (χ4n) is 1.75. The van der Waals surface area contributed by atoms with Crippen LogP contribution in [0.3, 0.4) is 0 Å². The molecule has 0 unspecified atom stereocenters. The molecule has 1 aliphatic rings. The van der Waals surface area contributed by atoms with Crippen LogP contribution in [0.5, 0.6) is 0 Å². The molecular formula is C10H22N2. The standard InChI is InChI=1S/C10H22N2/c1-9(2,10(3,4)11)8-6-5-7-12-8/h8,12H,5-7,11H2,1-4H3/t8-/m0/s1. The Labute approximate surface area is 75.9 Å². The first kappa shape index (κ1) is 10.0. The van der Waals surface area contributed by atoms with Crippen LogP contribution in [-0.2, 0) is 0 Å². The zero-order chi connectivity index (χ0) is 9.41. The molecule has 0 aliphatic carbocycles. The monoisotopic (exact) mass is 170 g/mol. The Morgan fingerprint density at radius 3 is 2.17 bits per heavy atom. The van der Waals surface area contributed by atoms with Crippen LogP contribution in [0.1, 0.15) is 40.5 Å². The second-order valence-electron chi connectivity index (χ2n) is 5.09. The molecule has 2 heteroatoms. The summed E-state index contributed by atoms with van der Waals surface area (Å²) in [5.74, 6) is 0. The largest absolute Gasteiger partial charge is 0.325 e. The highest BCUT2D eigenvalue weighted by Gasteiger charge is 2.41. The molecule has 12 heavy (non-hydrogen) atoms. The molecule has 0 saturated carbocycles. The highest BCUT2D eigenvalue weighted by molar-refractivity contribution is 4.99. The second-order valence-corrected chi connectivity index (χ2v) is 5.09. The molecule has 0 radical (unpaired) electrons. The van der Waals surface area contributed by atoms with Gasteiger partial charge in [-0.15, -0.1) is 0 Å². The number of nitrogens with two attached hydrogens (primary N) is 1. The summed E-state index contributed by atoms with van der Waals surface area (Å²) in [6.45, 7) is 9.91. The molecule has 1 rings (SSSR count). The van der Waals surface area contributed by atoms with Gasteiger partial charge in [-0.1, -0.05) is 13.8 Å². The minimum Gasteiger partial charge on any atom is -0.325 e. The summed E-state index contributed by atoms with van der Waals surface area (Å²) in [5.41, 5.74) is 6.23. The molecule has 0 aromatic rings. The Morgan fingerprint density at radius 1 is 1.25 bits per heavy atom. The summed E-state index contributed by atoms with van der Waals surface area (Å²) in [6, 6.07) is 0.595. The Bertz CT molecular complexity index is 150. The van der Waals surface area contributed by atoms with Crippen molar-refractivity contribution in [3.63, 3.8) is 0 Å². The molecule has 1 heterocycles. The van der Waals surface area contributed by atoms with E-state index in [9.17, 15) is 0 Å². The smallest absolute Gasteiger partial charge is 0.0163 e. The maximum absolute atomic E-state index is 6.15. The van der Waals surface area contributed by atoms with E-state index in [2.05, 4.69) is 33.0 Å². The van der Waals surface area contributed by atoms with Gasteiger partial charge < -0.3 is 11.1 Å². The topological polar surface area (TPSA) is 38.0 Å². The van der Waals surface area contributed by atoms with Gasteiger partial charge in [-0.25, -0.2) is 0 Å². The SMILES string of the molecule is CC(C)(N)C(C)(C)[C@@H]1CCCN1. The normalized spacial score (nSPS) is 26.2. The van der Waals surface area contributed by atoms with E-state index in [4.69, 9.17) is 5.73 Å². The van der Waals surface area contributed by atoms with Crippen LogP contribution in [0, 0.1) is 5.41 Å². The van der Waals surface area contributed by atoms with Crippen molar-refractivity contribution in [1.29, 1.82) is 0 Å². The molecular weight excluding hydrogens is 148 g/mol. The average molecular weight is 170 g/mol. The third kappa shape index (κ3) is 1.64. The molecule has 2 nitrogen and oxygen atoms in total. The number of nitrogens with one attached hydrogen (secondary N) is 1. The number of hydrogen-bond donors (Lipinski definition) is 2. The van der Waals surface area contributed by atoms with Crippen molar-refractivity contribution < 1.29 is 0 Å². The minimum atomic E-state index is -0.102. The Hall–Kier alpha value is -0.0800. The van der Waals surface area contributed by atoms with Gasteiger partial charge in [0.05, 0.1) is 0 Å². The summed E-state index contributed by atoms with van der Waals surface area (Å²) in [5, 5.41) is 3.52. The van der Waals surface area contributed by atoms with Crippen molar-refractivity contribution >= 4 is 0 Å². The predicted octanol–water partition coefficient (Wildman–Crippen LogP) is 1.50. The molecule has 0 amide bonds. The third-order valence-electron chi connectivity index (χ3n) is 3.59. The lowest BCUT2D eigenvalue weighted by molar-refractivity contribution is 0.145. The number of hydrogen-bond acceptors (Lipinski definition) is 2. The van der Waals surface area contributed by atoms with Gasteiger partial charge in [-0.2, -0.15) is 0 Å². The van der Waals surface area contributed by atoms with E-state index >= 15 is 0 Å². The van der Waals surface area contributed by atoms with Gasteiger partial charge in [-0.05, 0) is 38.6 Å². The third-order valence-corrected chi connectivity index (χ3v) is 3.59. The molecule has 72 valence electrons. The van der Waals surface area contributed by atoms with Gasteiger partial charge in [0.25, 0.3) is 0 Å². The van der Waals surface area contributed by atoms with Crippen LogP contribution in [0.25, 0.3) is 0 Å². The molecule has 3 N–H and O–H groups in total. The van der Waals surface area contributed by atoms with Gasteiger partial charge in [-0.3, -0.25) is 0 Å². The molecule has 0 aromatic carbocycles. The molecule has 0 aromatic heterocycles. The minimum absolute atomic E-state index is 0.102. The zero-order valence-electron chi connectivity index (χ0n) is 8.78. The van der Waals surface area contributed by atoms with Gasteiger partial charge >= 0.3 is 0 Å². The first-order chi connectivity index (χ1) is 5.36. The first-order valence-electron chi connectivity index (χ1n) is 4.88. The van der Waals surface area contributed by atoms with Crippen LogP contribution in [-0.4, -0.2) is 18.1 Å². The van der Waals surface area contributed by atoms with Gasteiger partial charge in [0.2, 0.25) is 0 Å². The van der Waals surface area contributed by atoms with Crippen molar-refractivity contribution in [3.05, 3.63) is 0 Å². The summed E-state index contributed by atoms with van der Waals surface area (Å²) >= 11 is 0. The van der Waals surface area contributed by atoms with Crippen LogP contribution in [0.2, 0.25) is 0 Å². The molecule has 0 spiro atoms. The Balaban J connectivity index is 2.69. The average Bonchev–Trinajstić information content (AvgIpc) is 2.34. The fraction of sp³-hybridized carbons (Fsp3) is 1.00. The molecule has 0 bridgehead atoms. The first-order valence-corrected chi connectivity index (χ1v) is 4.88. The van der Waals surface area contributed by atoms with E-state index in [0.717, 1.165) is 6.54 Å². The molecule has 1 fully saturated rings. The highest BCUT2D eigenvalue weighted by atomic mass is 15.0. The van der Waals surface area contributed by atoms with Gasteiger partial charge in [0.1, 0.15) is 0 Å². The Kier molecular flexibility index (Phi) is 2.50. The summed E-state index contributed by atoms with van der Waals surface area (Å²) < 4.78 is 0. The molecule has 1 saturated heterocycles. The van der Waals surface area contributed by atoms with Crippen molar-refractivity contribution in [1.82, 2.24) is 5.32 Å². The van der Waals surface area contributed by atoms with E-state index in [1.54, 1.807) is 0 Å². The van der Waals surface area contributed by atoms with E-state index < -0.39 is 0 Å². The maximum Gasteiger partial charge on any atom is 0.0163 e. The predicted molar refractivity (Wildman–Crippen MR) is 53.1 cm³/mol. The molecule has 1 atom stereocenters. The fourth-order valence-corrected chi connectivity index (χ4v) is 1.75. The van der Waals surface area contributed by atoms with Crippen LogP contribution >= 0.6 is 0 Å². The lowest BCUT2D eigenvalue weighted by atomic mass is 9.69. The van der Waals surface area contributed by atoms with Crippen LogP contribution in [0.4, 0.5) is 0 Å². The van der Waals surface area contributed by atoms with Crippen molar-refractivity contribution in [3.8, 4) is 0 Å². The van der Waals surface area contributed by atoms with E-state index in [0.29, 0.717) is 6.04 Å². The quantitative estimate of drug-likeness (QED) is 0.659. The van der Waals surface area contributed by atoms with Gasteiger partial charge in [0, 0.05) is 11.6 Å². The van der Waals surface area contributed by atoms with E-state index in [1.807, 2.05) is 0 Å². The Morgan fingerprint density at radius 2 is 1.83 bits per heavy atom. The van der Waals surface area contributed by atoms with Crippen LogP contribution < -0.4 is 11.1 Å². The van der Waals surface area contributed by atoms with Crippen molar-refractivity contribution in [2.45, 2.75) is 52.1 Å². The zero-order valence-corrected chi connectivity index (χ0v) is 8.78. The number of rotatable bonds is 2. The lowest BCUT2D eigenvalue weighted by Crippen LogP contribution is -2.56. The van der Waals surface area contributed by atoms with Crippen LogP contribution in [0.15, 0.2) is 0 Å². The summed E-state index contributed by atoms with van der Waals surface area (Å²) in [6.07, 6.45) is 2.57.